The minimum Gasteiger partial charge on any atom is -0.450 e. The lowest BCUT2D eigenvalue weighted by Crippen LogP contribution is -2.34. The molecular weight excluding hydrogens is 208 g/mol. The van der Waals surface area contributed by atoms with Gasteiger partial charge in [-0.05, 0) is 26.7 Å². The molecule has 1 aliphatic heterocycles. The molecule has 3 unspecified atom stereocenters. The summed E-state index contributed by atoms with van der Waals surface area (Å²) < 4.78 is 4.99. The van der Waals surface area contributed by atoms with Gasteiger partial charge >= 0.3 is 6.09 Å². The Morgan fingerprint density at radius 1 is 1.62 bits per heavy atom. The van der Waals surface area contributed by atoms with Crippen molar-refractivity contribution in [1.82, 2.24) is 4.90 Å². The molecule has 0 aromatic carbocycles. The van der Waals surface area contributed by atoms with Gasteiger partial charge in [0.2, 0.25) is 6.08 Å². The molecule has 1 spiro atoms. The first-order valence-corrected chi connectivity index (χ1v) is 5.63. The first kappa shape index (κ1) is 11.1. The first-order chi connectivity index (χ1) is 7.63. The van der Waals surface area contributed by atoms with E-state index in [0.717, 1.165) is 12.8 Å². The van der Waals surface area contributed by atoms with Crippen LogP contribution < -0.4 is 0 Å². The normalized spacial score (nSPS) is 36.0. The highest BCUT2D eigenvalue weighted by atomic mass is 16.6. The quantitative estimate of drug-likeness (QED) is 0.525. The number of hydrogen-bond acceptors (Lipinski definition) is 4. The standard InChI is InChI=1S/C11H16N2O3/c1-3-16-10(15)13-6-11(4-8(13)2)5-9(11)12-7-14/h8-9H,3-6H2,1-2H3. The van der Waals surface area contributed by atoms with E-state index < -0.39 is 0 Å². The summed E-state index contributed by atoms with van der Waals surface area (Å²) in [5.74, 6) is 0. The van der Waals surface area contributed by atoms with Gasteiger partial charge in [-0.1, -0.05) is 0 Å². The van der Waals surface area contributed by atoms with Gasteiger partial charge in [0.25, 0.3) is 0 Å². The monoisotopic (exact) mass is 224 g/mol. The Bertz CT molecular complexity index is 351. The molecule has 2 rings (SSSR count). The molecule has 0 aromatic heterocycles. The highest BCUT2D eigenvalue weighted by molar-refractivity contribution is 5.68. The van der Waals surface area contributed by atoms with Gasteiger partial charge in [0.05, 0.1) is 12.6 Å². The van der Waals surface area contributed by atoms with E-state index in [1.165, 1.54) is 0 Å². The first-order valence-electron chi connectivity index (χ1n) is 5.63. The molecule has 1 heterocycles. The number of aliphatic imine (C=N–C) groups is 1. The molecule has 16 heavy (non-hydrogen) atoms. The molecule has 2 fully saturated rings. The van der Waals surface area contributed by atoms with Crippen molar-refractivity contribution < 1.29 is 14.3 Å². The SMILES string of the molecule is CCOC(=O)N1CC2(CC1C)CC2N=C=O. The number of rotatable bonds is 2. The Morgan fingerprint density at radius 3 is 3.00 bits per heavy atom. The van der Waals surface area contributed by atoms with E-state index in [0.29, 0.717) is 13.2 Å². The van der Waals surface area contributed by atoms with Crippen LogP contribution in [0.25, 0.3) is 0 Å². The summed E-state index contributed by atoms with van der Waals surface area (Å²) >= 11 is 0. The van der Waals surface area contributed by atoms with E-state index in [1.54, 1.807) is 17.9 Å². The van der Waals surface area contributed by atoms with Crippen LogP contribution in [0, 0.1) is 5.41 Å². The van der Waals surface area contributed by atoms with Crippen molar-refractivity contribution in [2.75, 3.05) is 13.2 Å². The summed E-state index contributed by atoms with van der Waals surface area (Å²) in [6.45, 7) is 4.85. The van der Waals surface area contributed by atoms with Gasteiger partial charge in [0.15, 0.2) is 0 Å². The minimum absolute atomic E-state index is 0.0313. The molecule has 0 radical (unpaired) electrons. The van der Waals surface area contributed by atoms with E-state index in [4.69, 9.17) is 4.74 Å². The zero-order valence-corrected chi connectivity index (χ0v) is 9.60. The third-order valence-electron chi connectivity index (χ3n) is 3.58. The molecule has 0 aromatic rings. The zero-order valence-electron chi connectivity index (χ0n) is 9.60. The van der Waals surface area contributed by atoms with Gasteiger partial charge in [0.1, 0.15) is 0 Å². The highest BCUT2D eigenvalue weighted by Gasteiger charge is 2.61. The van der Waals surface area contributed by atoms with Crippen molar-refractivity contribution in [2.45, 2.75) is 38.8 Å². The van der Waals surface area contributed by atoms with E-state index in [2.05, 4.69) is 4.99 Å². The Kier molecular flexibility index (Phi) is 2.72. The second-order valence-corrected chi connectivity index (χ2v) is 4.68. The van der Waals surface area contributed by atoms with Crippen LogP contribution in [0.15, 0.2) is 4.99 Å². The maximum absolute atomic E-state index is 11.6. The van der Waals surface area contributed by atoms with E-state index >= 15 is 0 Å². The summed E-state index contributed by atoms with van der Waals surface area (Å²) in [6, 6.07) is 0.234. The van der Waals surface area contributed by atoms with Crippen molar-refractivity contribution in [3.05, 3.63) is 0 Å². The predicted octanol–water partition coefficient (Wildman–Crippen LogP) is 1.33. The molecule has 5 heteroatoms. The number of amides is 1. The smallest absolute Gasteiger partial charge is 0.410 e. The molecule has 1 saturated carbocycles. The van der Waals surface area contributed by atoms with Gasteiger partial charge in [-0.3, -0.25) is 0 Å². The van der Waals surface area contributed by atoms with Crippen LogP contribution in [-0.4, -0.2) is 42.3 Å². The van der Waals surface area contributed by atoms with Gasteiger partial charge in [-0.15, -0.1) is 0 Å². The molecule has 3 atom stereocenters. The van der Waals surface area contributed by atoms with E-state index in [1.807, 2.05) is 6.92 Å². The van der Waals surface area contributed by atoms with Crippen molar-refractivity contribution in [3.63, 3.8) is 0 Å². The topological polar surface area (TPSA) is 59.0 Å². The molecular formula is C11H16N2O3. The molecule has 0 N–H and O–H groups in total. The van der Waals surface area contributed by atoms with Crippen LogP contribution in [0.3, 0.4) is 0 Å². The number of hydrogen-bond donors (Lipinski definition) is 0. The molecule has 1 amide bonds. The Morgan fingerprint density at radius 2 is 2.38 bits per heavy atom. The van der Waals surface area contributed by atoms with Crippen molar-refractivity contribution in [1.29, 1.82) is 0 Å². The fourth-order valence-corrected chi connectivity index (χ4v) is 2.67. The van der Waals surface area contributed by atoms with E-state index in [-0.39, 0.29) is 23.6 Å². The summed E-state index contributed by atoms with van der Waals surface area (Å²) in [6.07, 6.45) is 3.14. The number of ether oxygens (including phenoxy) is 1. The number of carbonyl (C=O) groups excluding carboxylic acids is 2. The average Bonchev–Trinajstić information content (AvgIpc) is 2.75. The average molecular weight is 224 g/mol. The van der Waals surface area contributed by atoms with Crippen molar-refractivity contribution >= 4 is 12.2 Å². The van der Waals surface area contributed by atoms with Crippen LogP contribution in [0.1, 0.15) is 26.7 Å². The van der Waals surface area contributed by atoms with Crippen molar-refractivity contribution in [2.24, 2.45) is 10.4 Å². The molecule has 2 aliphatic rings. The largest absolute Gasteiger partial charge is 0.450 e. The number of nitrogens with zero attached hydrogens (tertiary/aromatic N) is 2. The third-order valence-corrected chi connectivity index (χ3v) is 3.58. The van der Waals surface area contributed by atoms with Crippen molar-refractivity contribution in [3.8, 4) is 0 Å². The van der Waals surface area contributed by atoms with Gasteiger partial charge in [-0.25, -0.2) is 14.6 Å². The highest BCUT2D eigenvalue weighted by Crippen LogP contribution is 2.56. The van der Waals surface area contributed by atoms with Gasteiger partial charge in [-0.2, -0.15) is 0 Å². The van der Waals surface area contributed by atoms with Crippen LogP contribution in [-0.2, 0) is 9.53 Å². The van der Waals surface area contributed by atoms with Crippen LogP contribution in [0.2, 0.25) is 0 Å². The summed E-state index contributed by atoms with van der Waals surface area (Å²) in [5, 5.41) is 0. The fourth-order valence-electron chi connectivity index (χ4n) is 2.67. The number of carbonyl (C=O) groups is 1. The predicted molar refractivity (Wildman–Crippen MR) is 56.8 cm³/mol. The molecule has 1 saturated heterocycles. The molecule has 88 valence electrons. The van der Waals surface area contributed by atoms with Crippen LogP contribution >= 0.6 is 0 Å². The lowest BCUT2D eigenvalue weighted by atomic mass is 10.0. The van der Waals surface area contributed by atoms with E-state index in [9.17, 15) is 9.59 Å². The molecule has 1 aliphatic carbocycles. The fraction of sp³-hybridized carbons (Fsp3) is 0.818. The van der Waals surface area contributed by atoms with Gasteiger partial charge < -0.3 is 9.64 Å². The number of isocyanates is 1. The Hall–Kier alpha value is -1.35. The van der Waals surface area contributed by atoms with Gasteiger partial charge in [0, 0.05) is 18.0 Å². The zero-order chi connectivity index (χ0) is 11.8. The summed E-state index contributed by atoms with van der Waals surface area (Å²) in [4.78, 5) is 27.3. The second kappa shape index (κ2) is 3.91. The minimum atomic E-state index is -0.257. The lowest BCUT2D eigenvalue weighted by Gasteiger charge is -2.20. The molecule has 0 bridgehead atoms. The third kappa shape index (κ3) is 1.71. The maximum atomic E-state index is 11.6. The maximum Gasteiger partial charge on any atom is 0.410 e. The second-order valence-electron chi connectivity index (χ2n) is 4.68. The lowest BCUT2D eigenvalue weighted by molar-refractivity contribution is 0.104. The Labute approximate surface area is 94.5 Å². The summed E-state index contributed by atoms with van der Waals surface area (Å²) in [7, 11) is 0. The summed E-state index contributed by atoms with van der Waals surface area (Å²) in [5.41, 5.74) is 0.0313. The van der Waals surface area contributed by atoms with Crippen LogP contribution in [0.5, 0.6) is 0 Å². The van der Waals surface area contributed by atoms with Crippen LogP contribution in [0.4, 0.5) is 4.79 Å². The Balaban J connectivity index is 2.00. The number of likely N-dealkylation sites (tertiary alicyclic amines) is 1. The molecule has 5 nitrogen and oxygen atoms in total.